The molecule has 122 valence electrons. The predicted molar refractivity (Wildman–Crippen MR) is 87.2 cm³/mol. The molecule has 2 unspecified atom stereocenters. The molecule has 0 heterocycles. The van der Waals surface area contributed by atoms with Crippen LogP contribution in [0.3, 0.4) is 0 Å². The van der Waals surface area contributed by atoms with Crippen molar-refractivity contribution in [2.45, 2.75) is 64.5 Å². The fourth-order valence-corrected chi connectivity index (χ4v) is 2.97. The van der Waals surface area contributed by atoms with Gasteiger partial charge in [-0.2, -0.15) is 5.26 Å². The number of nitriles is 1. The van der Waals surface area contributed by atoms with Gasteiger partial charge in [-0.15, -0.1) is 0 Å². The summed E-state index contributed by atoms with van der Waals surface area (Å²) in [6.45, 7) is 10.2. The molecule has 0 aromatic rings. The first kappa shape index (κ1) is 18.4. The fourth-order valence-electron chi connectivity index (χ4n) is 2.97. The molecule has 1 saturated carbocycles. The summed E-state index contributed by atoms with van der Waals surface area (Å²) in [6, 6.07) is 3.09. The standard InChI is InChI=1S/C17H33N3O/c1-5-19-17(3,14-18)10-6-7-11-20(12-13-21-4)15(2)16-8-9-16/h15-16,19H,5-13H2,1-4H3. The first-order valence-electron chi connectivity index (χ1n) is 8.45. The number of nitrogens with zero attached hydrogens (tertiary/aromatic N) is 2. The molecule has 0 radical (unpaired) electrons. The highest BCUT2D eigenvalue weighted by atomic mass is 16.5. The van der Waals surface area contributed by atoms with E-state index in [1.807, 2.05) is 6.92 Å². The van der Waals surface area contributed by atoms with Gasteiger partial charge in [-0.05, 0) is 65.0 Å². The minimum absolute atomic E-state index is 0.367. The largest absolute Gasteiger partial charge is 0.383 e. The minimum Gasteiger partial charge on any atom is -0.383 e. The summed E-state index contributed by atoms with van der Waals surface area (Å²) >= 11 is 0. The van der Waals surface area contributed by atoms with Crippen molar-refractivity contribution in [3.63, 3.8) is 0 Å². The van der Waals surface area contributed by atoms with E-state index < -0.39 is 0 Å². The molecule has 21 heavy (non-hydrogen) atoms. The van der Waals surface area contributed by atoms with E-state index in [0.717, 1.165) is 51.4 Å². The second-order valence-electron chi connectivity index (χ2n) is 6.54. The first-order valence-corrected chi connectivity index (χ1v) is 8.45. The summed E-state index contributed by atoms with van der Waals surface area (Å²) in [5, 5.41) is 12.6. The van der Waals surface area contributed by atoms with Crippen molar-refractivity contribution >= 4 is 0 Å². The highest BCUT2D eigenvalue weighted by molar-refractivity contribution is 5.03. The third-order valence-electron chi connectivity index (χ3n) is 4.65. The molecule has 0 aromatic heterocycles. The molecule has 1 aliphatic carbocycles. The zero-order valence-corrected chi connectivity index (χ0v) is 14.3. The predicted octanol–water partition coefficient (Wildman–Crippen LogP) is 2.80. The SMILES string of the molecule is CCNC(C)(C#N)CCCCN(CCOC)C(C)C1CC1. The van der Waals surface area contributed by atoms with Crippen molar-refractivity contribution in [1.29, 1.82) is 5.26 Å². The van der Waals surface area contributed by atoms with Gasteiger partial charge in [0.25, 0.3) is 0 Å². The Hall–Kier alpha value is -0.630. The van der Waals surface area contributed by atoms with Gasteiger partial charge >= 0.3 is 0 Å². The molecule has 1 fully saturated rings. The Balaban J connectivity index is 2.30. The number of methoxy groups -OCH3 is 1. The van der Waals surface area contributed by atoms with Gasteiger partial charge < -0.3 is 4.74 Å². The average Bonchev–Trinajstić information content (AvgIpc) is 3.31. The van der Waals surface area contributed by atoms with Gasteiger partial charge in [-0.25, -0.2) is 0 Å². The molecular weight excluding hydrogens is 262 g/mol. The summed E-state index contributed by atoms with van der Waals surface area (Å²) < 4.78 is 5.24. The van der Waals surface area contributed by atoms with Gasteiger partial charge in [0.05, 0.1) is 12.7 Å². The minimum atomic E-state index is -0.367. The van der Waals surface area contributed by atoms with Crippen LogP contribution in [0.25, 0.3) is 0 Å². The molecule has 1 rings (SSSR count). The van der Waals surface area contributed by atoms with Crippen LogP contribution in [0, 0.1) is 17.2 Å². The Morgan fingerprint density at radius 2 is 2.10 bits per heavy atom. The summed E-state index contributed by atoms with van der Waals surface area (Å²) in [4.78, 5) is 2.57. The maximum absolute atomic E-state index is 9.27. The Labute approximate surface area is 130 Å². The van der Waals surface area contributed by atoms with Gasteiger partial charge in [0, 0.05) is 19.7 Å². The Morgan fingerprint density at radius 3 is 2.62 bits per heavy atom. The smallest absolute Gasteiger partial charge is 0.103 e. The molecule has 1 N–H and O–H groups in total. The lowest BCUT2D eigenvalue weighted by atomic mass is 9.96. The van der Waals surface area contributed by atoms with Crippen LogP contribution in [-0.2, 0) is 4.74 Å². The molecule has 0 spiro atoms. The van der Waals surface area contributed by atoms with Gasteiger partial charge in [0.2, 0.25) is 0 Å². The van der Waals surface area contributed by atoms with E-state index in [4.69, 9.17) is 4.74 Å². The highest BCUT2D eigenvalue weighted by Gasteiger charge is 2.31. The van der Waals surface area contributed by atoms with Crippen LogP contribution in [0.4, 0.5) is 0 Å². The number of rotatable bonds is 12. The summed E-state index contributed by atoms with van der Waals surface area (Å²) in [5.41, 5.74) is -0.367. The van der Waals surface area contributed by atoms with E-state index in [-0.39, 0.29) is 5.54 Å². The van der Waals surface area contributed by atoms with Crippen molar-refractivity contribution in [1.82, 2.24) is 10.2 Å². The molecule has 2 atom stereocenters. The lowest BCUT2D eigenvalue weighted by Crippen LogP contribution is -2.41. The van der Waals surface area contributed by atoms with Crippen LogP contribution >= 0.6 is 0 Å². The van der Waals surface area contributed by atoms with Crippen LogP contribution in [-0.4, -0.2) is 49.8 Å². The summed E-state index contributed by atoms with van der Waals surface area (Å²) in [6.07, 6.45) is 5.95. The fraction of sp³-hybridized carbons (Fsp3) is 0.941. The molecule has 4 nitrogen and oxygen atoms in total. The van der Waals surface area contributed by atoms with E-state index in [1.54, 1.807) is 7.11 Å². The zero-order valence-electron chi connectivity index (χ0n) is 14.3. The highest BCUT2D eigenvalue weighted by Crippen LogP contribution is 2.35. The van der Waals surface area contributed by atoms with Crippen molar-refractivity contribution in [2.75, 3.05) is 33.4 Å². The van der Waals surface area contributed by atoms with Crippen molar-refractivity contribution in [3.8, 4) is 6.07 Å². The van der Waals surface area contributed by atoms with Gasteiger partial charge in [0.15, 0.2) is 0 Å². The molecule has 0 amide bonds. The Kier molecular flexibility index (Phi) is 8.24. The molecule has 0 aliphatic heterocycles. The quantitative estimate of drug-likeness (QED) is 0.562. The van der Waals surface area contributed by atoms with Crippen LogP contribution in [0.2, 0.25) is 0 Å². The lowest BCUT2D eigenvalue weighted by Gasteiger charge is -2.29. The Morgan fingerprint density at radius 1 is 1.38 bits per heavy atom. The third-order valence-corrected chi connectivity index (χ3v) is 4.65. The summed E-state index contributed by atoms with van der Waals surface area (Å²) in [5.74, 6) is 0.896. The monoisotopic (exact) mass is 295 g/mol. The second-order valence-corrected chi connectivity index (χ2v) is 6.54. The van der Waals surface area contributed by atoms with Crippen LogP contribution in [0.15, 0.2) is 0 Å². The van der Waals surface area contributed by atoms with E-state index in [9.17, 15) is 5.26 Å². The van der Waals surface area contributed by atoms with Gasteiger partial charge in [-0.3, -0.25) is 10.2 Å². The van der Waals surface area contributed by atoms with Crippen LogP contribution in [0.5, 0.6) is 0 Å². The number of hydrogen-bond donors (Lipinski definition) is 1. The van der Waals surface area contributed by atoms with E-state index in [0.29, 0.717) is 6.04 Å². The molecular formula is C17H33N3O. The van der Waals surface area contributed by atoms with E-state index >= 15 is 0 Å². The Bertz CT molecular complexity index is 324. The molecule has 4 heteroatoms. The second kappa shape index (κ2) is 9.40. The van der Waals surface area contributed by atoms with Crippen molar-refractivity contribution in [3.05, 3.63) is 0 Å². The van der Waals surface area contributed by atoms with Crippen molar-refractivity contribution < 1.29 is 4.74 Å². The summed E-state index contributed by atoms with van der Waals surface area (Å²) in [7, 11) is 1.77. The lowest BCUT2D eigenvalue weighted by molar-refractivity contribution is 0.115. The zero-order chi connectivity index (χ0) is 15.7. The maximum atomic E-state index is 9.27. The van der Waals surface area contributed by atoms with E-state index in [1.165, 1.54) is 12.8 Å². The maximum Gasteiger partial charge on any atom is 0.103 e. The normalized spacial score (nSPS) is 19.2. The number of unbranched alkanes of at least 4 members (excludes halogenated alkanes) is 1. The first-order chi connectivity index (χ1) is 10.1. The number of ether oxygens (including phenoxy) is 1. The van der Waals surface area contributed by atoms with Gasteiger partial charge in [-0.1, -0.05) is 6.92 Å². The molecule has 0 bridgehead atoms. The topological polar surface area (TPSA) is 48.3 Å². The van der Waals surface area contributed by atoms with Crippen LogP contribution in [0.1, 0.15) is 52.9 Å². The average molecular weight is 295 g/mol. The number of nitrogens with one attached hydrogen (secondary N) is 1. The van der Waals surface area contributed by atoms with E-state index in [2.05, 4.69) is 30.1 Å². The van der Waals surface area contributed by atoms with Crippen molar-refractivity contribution in [2.24, 2.45) is 5.92 Å². The van der Waals surface area contributed by atoms with Crippen LogP contribution < -0.4 is 5.32 Å². The molecule has 1 aliphatic rings. The number of hydrogen-bond acceptors (Lipinski definition) is 4. The third kappa shape index (κ3) is 6.78. The molecule has 0 saturated heterocycles. The molecule has 0 aromatic carbocycles. The van der Waals surface area contributed by atoms with Gasteiger partial charge in [0.1, 0.15) is 5.54 Å².